The average molecular weight is 421 g/mol. The van der Waals surface area contributed by atoms with Crippen molar-refractivity contribution in [2.75, 3.05) is 12.5 Å². The van der Waals surface area contributed by atoms with Crippen molar-refractivity contribution in [3.63, 3.8) is 0 Å². The van der Waals surface area contributed by atoms with Crippen LogP contribution in [0.1, 0.15) is 18.9 Å². The highest BCUT2D eigenvalue weighted by molar-refractivity contribution is 8.12. The van der Waals surface area contributed by atoms with E-state index in [4.69, 9.17) is 23.2 Å². The van der Waals surface area contributed by atoms with Crippen molar-refractivity contribution in [2.45, 2.75) is 29.2 Å². The van der Waals surface area contributed by atoms with E-state index in [0.717, 1.165) is 24.1 Å². The van der Waals surface area contributed by atoms with Crippen molar-refractivity contribution in [3.05, 3.63) is 39.9 Å². The first-order chi connectivity index (χ1) is 10.9. The van der Waals surface area contributed by atoms with E-state index in [9.17, 15) is 22.5 Å². The Hall–Kier alpha value is -0.210. The van der Waals surface area contributed by atoms with Crippen LogP contribution in [0.3, 0.4) is 0 Å². The number of benzene rings is 1. The molecule has 1 N–H and O–H groups in total. The summed E-state index contributed by atoms with van der Waals surface area (Å²) in [5.74, 6) is 0. The lowest BCUT2D eigenvalue weighted by molar-refractivity contribution is -0.243. The van der Waals surface area contributed by atoms with Gasteiger partial charge in [0.2, 0.25) is 5.60 Å². The van der Waals surface area contributed by atoms with E-state index in [1.807, 2.05) is 0 Å². The molecule has 0 amide bonds. The molecular weight excluding hydrogens is 404 g/mol. The van der Waals surface area contributed by atoms with Gasteiger partial charge in [-0.25, -0.2) is 0 Å². The SMILES string of the molecule is CCC(SC)(S(C)=O)C(O)(C=Cc1ccc(Cl)c(Cl)c1)C(F)(F)F. The van der Waals surface area contributed by atoms with E-state index >= 15 is 0 Å². The Labute approximate surface area is 155 Å². The largest absolute Gasteiger partial charge is 0.423 e. The zero-order valence-corrected chi connectivity index (χ0v) is 16.3. The molecule has 136 valence electrons. The second kappa shape index (κ2) is 7.99. The molecule has 0 bridgehead atoms. The van der Waals surface area contributed by atoms with Crippen molar-refractivity contribution in [1.82, 2.24) is 0 Å². The molecule has 2 nitrogen and oxygen atoms in total. The molecule has 0 spiro atoms. The highest BCUT2D eigenvalue weighted by atomic mass is 35.5. The third-order valence-corrected chi connectivity index (χ3v) is 8.46. The first-order valence-electron chi connectivity index (χ1n) is 6.77. The first-order valence-corrected chi connectivity index (χ1v) is 10.3. The van der Waals surface area contributed by atoms with Gasteiger partial charge >= 0.3 is 6.18 Å². The molecule has 0 radical (unpaired) electrons. The molecule has 1 aromatic rings. The van der Waals surface area contributed by atoms with E-state index in [1.165, 1.54) is 31.4 Å². The number of hydrogen-bond donors (Lipinski definition) is 1. The summed E-state index contributed by atoms with van der Waals surface area (Å²) in [4.78, 5) is 0. The molecule has 1 rings (SSSR count). The third kappa shape index (κ3) is 3.96. The van der Waals surface area contributed by atoms with Crippen LogP contribution in [-0.4, -0.2) is 37.7 Å². The minimum atomic E-state index is -5.01. The number of rotatable bonds is 6. The zero-order chi connectivity index (χ0) is 18.8. The molecule has 24 heavy (non-hydrogen) atoms. The molecule has 0 heterocycles. The molecule has 0 saturated carbocycles. The number of alkyl halides is 3. The van der Waals surface area contributed by atoms with E-state index in [2.05, 4.69) is 0 Å². The van der Waals surface area contributed by atoms with Gasteiger partial charge in [-0.05, 0) is 36.4 Å². The minimum absolute atomic E-state index is 0.140. The maximum Gasteiger partial charge on any atom is 0.423 e. The summed E-state index contributed by atoms with van der Waals surface area (Å²) in [6, 6.07) is 4.29. The summed E-state index contributed by atoms with van der Waals surface area (Å²) < 4.78 is 51.2. The normalized spacial score (nSPS) is 19.0. The van der Waals surface area contributed by atoms with Gasteiger partial charge in [-0.15, -0.1) is 11.8 Å². The molecule has 0 aromatic heterocycles. The third-order valence-electron chi connectivity index (χ3n) is 3.73. The number of halogens is 5. The molecule has 9 heteroatoms. The Bertz CT molecular complexity index is 646. The molecule has 0 fully saturated rings. The van der Waals surface area contributed by atoms with Gasteiger partial charge in [0.05, 0.1) is 10.0 Å². The molecule has 1 aromatic carbocycles. The Morgan fingerprint density at radius 2 is 1.88 bits per heavy atom. The van der Waals surface area contributed by atoms with Crippen LogP contribution < -0.4 is 0 Å². The average Bonchev–Trinajstić information content (AvgIpc) is 2.48. The van der Waals surface area contributed by atoms with Crippen molar-refractivity contribution in [3.8, 4) is 0 Å². The second-order valence-electron chi connectivity index (χ2n) is 5.04. The number of thioether (sulfide) groups is 1. The summed E-state index contributed by atoms with van der Waals surface area (Å²) in [6.45, 7) is 1.46. The second-order valence-corrected chi connectivity index (χ2v) is 8.82. The maximum absolute atomic E-state index is 13.7. The Kier molecular flexibility index (Phi) is 7.27. The summed E-state index contributed by atoms with van der Waals surface area (Å²) in [5, 5.41) is 11.0. The highest BCUT2D eigenvalue weighted by Gasteiger charge is 2.66. The standard InChI is InChI=1S/C15H17Cl2F3O2S2/c1-4-14(23-2,24(3)22)13(21,15(18,19)20)8-7-10-5-6-11(16)12(17)9-10/h5-9,21H,4H2,1-3H3. The summed E-state index contributed by atoms with van der Waals surface area (Å²) in [7, 11) is -1.95. The molecule has 0 aliphatic rings. The molecule has 3 unspecified atom stereocenters. The van der Waals surface area contributed by atoms with Crippen LogP contribution in [0.5, 0.6) is 0 Å². The monoisotopic (exact) mass is 420 g/mol. The van der Waals surface area contributed by atoms with E-state index < -0.39 is 26.7 Å². The van der Waals surface area contributed by atoms with Crippen LogP contribution in [0.25, 0.3) is 6.08 Å². The molecule has 3 atom stereocenters. The molecular formula is C15H17Cl2F3O2S2. The Balaban J connectivity index is 3.48. The fourth-order valence-electron chi connectivity index (χ4n) is 2.38. The van der Waals surface area contributed by atoms with Crippen LogP contribution in [0, 0.1) is 0 Å². The number of hydrogen-bond acceptors (Lipinski definition) is 3. The topological polar surface area (TPSA) is 37.3 Å². The molecule has 0 aliphatic heterocycles. The predicted molar refractivity (Wildman–Crippen MR) is 97.1 cm³/mol. The van der Waals surface area contributed by atoms with Gasteiger partial charge in [-0.2, -0.15) is 13.2 Å². The Morgan fingerprint density at radius 3 is 2.25 bits per heavy atom. The van der Waals surface area contributed by atoms with Gasteiger partial charge in [0, 0.05) is 17.1 Å². The van der Waals surface area contributed by atoms with Gasteiger partial charge in [0.25, 0.3) is 0 Å². The minimum Gasteiger partial charge on any atom is -0.375 e. The van der Waals surface area contributed by atoms with Gasteiger partial charge < -0.3 is 5.11 Å². The lowest BCUT2D eigenvalue weighted by atomic mass is 9.94. The summed E-state index contributed by atoms with van der Waals surface area (Å²) in [5.41, 5.74) is -2.94. The van der Waals surface area contributed by atoms with Crippen LogP contribution in [-0.2, 0) is 10.8 Å². The lowest BCUT2D eigenvalue weighted by Crippen LogP contribution is -2.61. The van der Waals surface area contributed by atoms with Crippen LogP contribution in [0.15, 0.2) is 24.3 Å². The van der Waals surface area contributed by atoms with Gasteiger partial charge in [0.15, 0.2) is 0 Å². The van der Waals surface area contributed by atoms with Gasteiger partial charge in [0.1, 0.15) is 4.08 Å². The van der Waals surface area contributed by atoms with Crippen molar-refractivity contribution in [1.29, 1.82) is 0 Å². The van der Waals surface area contributed by atoms with E-state index in [1.54, 1.807) is 0 Å². The van der Waals surface area contributed by atoms with E-state index in [0.29, 0.717) is 11.6 Å². The smallest absolute Gasteiger partial charge is 0.375 e. The van der Waals surface area contributed by atoms with Gasteiger partial charge in [-0.3, -0.25) is 4.21 Å². The lowest BCUT2D eigenvalue weighted by Gasteiger charge is -2.43. The quantitative estimate of drug-likeness (QED) is 0.691. The van der Waals surface area contributed by atoms with E-state index in [-0.39, 0.29) is 16.5 Å². The summed E-state index contributed by atoms with van der Waals surface area (Å²) in [6.07, 6.45) is -0.862. The van der Waals surface area contributed by atoms with Crippen LogP contribution in [0.2, 0.25) is 10.0 Å². The zero-order valence-electron chi connectivity index (χ0n) is 13.2. The molecule has 0 saturated heterocycles. The van der Waals surface area contributed by atoms with Crippen molar-refractivity contribution >= 4 is 51.8 Å². The fraction of sp³-hybridized carbons (Fsp3) is 0.467. The number of aliphatic hydroxyl groups is 1. The fourth-order valence-corrected chi connectivity index (χ4v) is 5.44. The highest BCUT2D eigenvalue weighted by Crippen LogP contribution is 2.50. The van der Waals surface area contributed by atoms with Crippen molar-refractivity contribution in [2.24, 2.45) is 0 Å². The Morgan fingerprint density at radius 1 is 1.29 bits per heavy atom. The van der Waals surface area contributed by atoms with Crippen LogP contribution in [0.4, 0.5) is 13.2 Å². The first kappa shape index (κ1) is 21.8. The molecule has 0 aliphatic carbocycles. The van der Waals surface area contributed by atoms with Gasteiger partial charge in [-0.1, -0.05) is 42.3 Å². The van der Waals surface area contributed by atoms with Crippen molar-refractivity contribution < 1.29 is 22.5 Å². The predicted octanol–water partition coefficient (Wildman–Crippen LogP) is 5.15. The summed E-state index contributed by atoms with van der Waals surface area (Å²) >= 11 is 12.4. The maximum atomic E-state index is 13.7. The van der Waals surface area contributed by atoms with Crippen LogP contribution >= 0.6 is 35.0 Å².